The number of rotatable bonds is 7. The second-order valence-electron chi connectivity index (χ2n) is 9.12. The third-order valence-electron chi connectivity index (χ3n) is 7.07. The van der Waals surface area contributed by atoms with Crippen LogP contribution in [0.15, 0.2) is 54.3 Å². The molecule has 1 N–H and O–H groups in total. The molecule has 1 radical (unpaired) electrons. The molecular formula is C31H37IrN2O2-. The molecule has 0 aliphatic rings. The first kappa shape index (κ1) is 29.6. The van der Waals surface area contributed by atoms with Gasteiger partial charge in [-0.15, -0.1) is 35.0 Å². The molecule has 0 saturated heterocycles. The summed E-state index contributed by atoms with van der Waals surface area (Å²) in [6.45, 7) is 12.3. The predicted octanol–water partition coefficient (Wildman–Crippen LogP) is 8.22. The number of nitrogens with zero attached hydrogens (tertiary/aromatic N) is 2. The Morgan fingerprint density at radius 2 is 1.42 bits per heavy atom. The first-order valence-electron chi connectivity index (χ1n) is 12.8. The fraction of sp³-hybridized carbons (Fsp3) is 0.387. The van der Waals surface area contributed by atoms with Crippen molar-refractivity contribution in [3.63, 3.8) is 0 Å². The maximum Gasteiger partial charge on any atom is 0.162 e. The number of ketones is 1. The van der Waals surface area contributed by atoms with Crippen molar-refractivity contribution < 1.29 is 30.0 Å². The fourth-order valence-electron chi connectivity index (χ4n) is 4.54. The largest absolute Gasteiger partial charge is 0.512 e. The van der Waals surface area contributed by atoms with Crippen LogP contribution in [0.2, 0.25) is 0 Å². The van der Waals surface area contributed by atoms with Gasteiger partial charge >= 0.3 is 0 Å². The van der Waals surface area contributed by atoms with E-state index in [1.54, 1.807) is 0 Å². The van der Waals surface area contributed by atoms with E-state index < -0.39 is 0 Å². The van der Waals surface area contributed by atoms with Gasteiger partial charge in [0.15, 0.2) is 5.78 Å². The molecule has 0 unspecified atom stereocenters. The molecule has 36 heavy (non-hydrogen) atoms. The Balaban J connectivity index is 0.000000260. The number of carbonyl (C=O) groups excluding carboxylic acids is 1. The Hall–Kier alpha value is -2.62. The van der Waals surface area contributed by atoms with Gasteiger partial charge in [-0.05, 0) is 57.2 Å². The number of hydrogen-bond donors (Lipinski definition) is 1. The maximum atomic E-state index is 11.7. The molecule has 0 fully saturated rings. The van der Waals surface area contributed by atoms with Gasteiger partial charge in [0, 0.05) is 43.5 Å². The molecule has 0 amide bonds. The van der Waals surface area contributed by atoms with Gasteiger partial charge < -0.3 is 5.11 Å². The zero-order valence-electron chi connectivity index (χ0n) is 22.2. The van der Waals surface area contributed by atoms with E-state index in [2.05, 4.69) is 26.0 Å². The van der Waals surface area contributed by atoms with Crippen molar-refractivity contribution in [2.45, 2.75) is 67.2 Å². The zero-order chi connectivity index (χ0) is 25.5. The summed E-state index contributed by atoms with van der Waals surface area (Å²) in [6, 6.07) is 17.4. The number of hydrogen-bond acceptors (Lipinski definition) is 4. The van der Waals surface area contributed by atoms with E-state index in [0.717, 1.165) is 53.1 Å². The molecule has 193 valence electrons. The first-order chi connectivity index (χ1) is 16.9. The number of aliphatic hydroxyl groups excluding tert-OH is 1. The van der Waals surface area contributed by atoms with Crippen LogP contribution in [0.25, 0.3) is 32.8 Å². The van der Waals surface area contributed by atoms with Crippen molar-refractivity contribution in [2.75, 3.05) is 0 Å². The van der Waals surface area contributed by atoms with Crippen LogP contribution in [0.4, 0.5) is 0 Å². The predicted molar refractivity (Wildman–Crippen MR) is 147 cm³/mol. The van der Waals surface area contributed by atoms with Crippen molar-refractivity contribution in [2.24, 2.45) is 11.8 Å². The van der Waals surface area contributed by atoms with Crippen LogP contribution in [0, 0.1) is 31.7 Å². The molecule has 4 nitrogen and oxygen atoms in total. The summed E-state index contributed by atoms with van der Waals surface area (Å²) in [7, 11) is 0. The summed E-state index contributed by atoms with van der Waals surface area (Å²) in [5.74, 6) is 0.547. The third kappa shape index (κ3) is 6.38. The molecule has 0 atom stereocenters. The Morgan fingerprint density at radius 3 is 1.97 bits per heavy atom. The van der Waals surface area contributed by atoms with Crippen LogP contribution >= 0.6 is 0 Å². The fourth-order valence-corrected chi connectivity index (χ4v) is 4.54. The SMILES string of the molecule is CCC(CC)C(=O)C=C(O)C(CC)CC.Cc1c(C)c2nc3ccccc3nc2c2[c-]cccc12.[Ir]. The number of aromatic nitrogens is 2. The maximum absolute atomic E-state index is 11.7. The standard InChI is InChI=1S/C18H13N2.C13H24O2.Ir/c1-11-12(2)17-18(14-8-4-3-7-13(11)14)20-16-10-6-5-9-15(16)19-17;1-5-10(6-2)12(14)9-13(15)11(7-3)8-4;/h3-7,9-10H,1-2H3;9-11,14H,5-8H2,1-4H3;/q-1;;. The summed E-state index contributed by atoms with van der Waals surface area (Å²) in [5.41, 5.74) is 6.26. The number of allylic oxidation sites excluding steroid dienone is 2. The van der Waals surface area contributed by atoms with Crippen LogP contribution in [-0.2, 0) is 24.9 Å². The molecule has 0 spiro atoms. The summed E-state index contributed by atoms with van der Waals surface area (Å²) in [4.78, 5) is 21.3. The molecule has 4 aromatic rings. The van der Waals surface area contributed by atoms with E-state index in [9.17, 15) is 9.90 Å². The van der Waals surface area contributed by atoms with Gasteiger partial charge in [-0.2, -0.15) is 0 Å². The number of para-hydroxylation sites is 2. The van der Waals surface area contributed by atoms with E-state index >= 15 is 0 Å². The van der Waals surface area contributed by atoms with Gasteiger partial charge in [0.05, 0.1) is 22.3 Å². The van der Waals surface area contributed by atoms with E-state index in [4.69, 9.17) is 9.97 Å². The molecule has 1 heterocycles. The van der Waals surface area contributed by atoms with Crippen LogP contribution in [0.1, 0.15) is 64.5 Å². The van der Waals surface area contributed by atoms with Crippen molar-refractivity contribution in [1.29, 1.82) is 0 Å². The monoisotopic (exact) mass is 662 g/mol. The van der Waals surface area contributed by atoms with Gasteiger partial charge in [-0.1, -0.05) is 45.4 Å². The minimum absolute atomic E-state index is 0. The molecule has 0 saturated carbocycles. The van der Waals surface area contributed by atoms with E-state index in [1.165, 1.54) is 22.6 Å². The number of fused-ring (bicyclic) bond motifs is 4. The molecule has 3 aromatic carbocycles. The topological polar surface area (TPSA) is 63.1 Å². The van der Waals surface area contributed by atoms with Crippen LogP contribution < -0.4 is 0 Å². The first-order valence-corrected chi connectivity index (χ1v) is 12.8. The number of aliphatic hydroxyl groups is 1. The zero-order valence-corrected chi connectivity index (χ0v) is 24.6. The molecule has 1 aromatic heterocycles. The molecule has 0 aliphatic heterocycles. The number of aryl methyl sites for hydroxylation is 2. The third-order valence-corrected chi connectivity index (χ3v) is 7.07. The van der Waals surface area contributed by atoms with Gasteiger partial charge in [0.1, 0.15) is 0 Å². The molecule has 5 heteroatoms. The Morgan fingerprint density at radius 1 is 0.861 bits per heavy atom. The van der Waals surface area contributed by atoms with E-state index in [-0.39, 0.29) is 43.5 Å². The average Bonchev–Trinajstić information content (AvgIpc) is 2.88. The Labute approximate surface area is 228 Å². The summed E-state index contributed by atoms with van der Waals surface area (Å²) in [6.07, 6.45) is 4.91. The quantitative estimate of drug-likeness (QED) is 0.0713. The number of carbonyl (C=O) groups is 1. The van der Waals surface area contributed by atoms with Gasteiger partial charge in [-0.25, -0.2) is 0 Å². The molecule has 4 rings (SSSR count). The van der Waals surface area contributed by atoms with E-state index in [0.29, 0.717) is 0 Å². The summed E-state index contributed by atoms with van der Waals surface area (Å²) >= 11 is 0. The normalized spacial score (nSPS) is 11.6. The van der Waals surface area contributed by atoms with Crippen molar-refractivity contribution in [3.8, 4) is 0 Å². The van der Waals surface area contributed by atoms with Gasteiger partial charge in [0.25, 0.3) is 0 Å². The smallest absolute Gasteiger partial charge is 0.162 e. The average molecular weight is 662 g/mol. The van der Waals surface area contributed by atoms with Crippen molar-refractivity contribution in [1.82, 2.24) is 9.97 Å². The minimum atomic E-state index is 0. The minimum Gasteiger partial charge on any atom is -0.512 e. The van der Waals surface area contributed by atoms with Crippen LogP contribution in [0.3, 0.4) is 0 Å². The van der Waals surface area contributed by atoms with Gasteiger partial charge in [0.2, 0.25) is 0 Å². The second-order valence-corrected chi connectivity index (χ2v) is 9.12. The van der Waals surface area contributed by atoms with Gasteiger partial charge in [-0.3, -0.25) is 14.8 Å². The number of benzene rings is 3. The van der Waals surface area contributed by atoms with E-state index in [1.807, 2.05) is 64.1 Å². The Bertz CT molecular complexity index is 1360. The van der Waals surface area contributed by atoms with Crippen LogP contribution in [-0.4, -0.2) is 20.9 Å². The molecular weight excluding hydrogens is 625 g/mol. The summed E-state index contributed by atoms with van der Waals surface area (Å²) in [5, 5.41) is 12.0. The second kappa shape index (κ2) is 13.6. The Kier molecular flexibility index (Phi) is 11.2. The van der Waals surface area contributed by atoms with Crippen LogP contribution in [0.5, 0.6) is 0 Å². The van der Waals surface area contributed by atoms with Crippen molar-refractivity contribution >= 4 is 38.6 Å². The summed E-state index contributed by atoms with van der Waals surface area (Å²) < 4.78 is 0. The molecule has 0 aliphatic carbocycles. The van der Waals surface area contributed by atoms with Crippen molar-refractivity contribution in [3.05, 3.63) is 71.5 Å². The molecule has 0 bridgehead atoms.